The maximum atomic E-state index is 6.19. The summed E-state index contributed by atoms with van der Waals surface area (Å²) in [5.41, 5.74) is 3.19. The van der Waals surface area contributed by atoms with E-state index in [1.165, 1.54) is 0 Å². The van der Waals surface area contributed by atoms with Crippen LogP contribution in [-0.2, 0) is 0 Å². The Labute approximate surface area is 189 Å². The third-order valence-corrected chi connectivity index (χ3v) is 6.13. The molecule has 1 fully saturated rings. The molecule has 9 heteroatoms. The zero-order valence-corrected chi connectivity index (χ0v) is 18.4. The molecule has 4 heterocycles. The lowest BCUT2D eigenvalue weighted by Crippen LogP contribution is -2.44. The molecular formula is C22H20Cl2N6O. The number of rotatable bonds is 4. The molecule has 0 amide bonds. The Morgan fingerprint density at radius 2 is 1.74 bits per heavy atom. The molecule has 0 atom stereocenters. The van der Waals surface area contributed by atoms with E-state index in [0.717, 1.165) is 48.6 Å². The van der Waals surface area contributed by atoms with Gasteiger partial charge in [-0.15, -0.1) is 0 Å². The molecule has 7 nitrogen and oxygen atoms in total. The van der Waals surface area contributed by atoms with Gasteiger partial charge in [-0.25, -0.2) is 9.97 Å². The van der Waals surface area contributed by atoms with Gasteiger partial charge in [0.2, 0.25) is 0 Å². The number of likely N-dealkylation sites (N-methyl/N-ethyl adjacent to an activating group) is 1. The summed E-state index contributed by atoms with van der Waals surface area (Å²) in [6.07, 6.45) is 7.10. The highest BCUT2D eigenvalue weighted by molar-refractivity contribution is 6.42. The monoisotopic (exact) mass is 454 g/mol. The molecular weight excluding hydrogens is 435 g/mol. The van der Waals surface area contributed by atoms with E-state index in [2.05, 4.69) is 37.1 Å². The van der Waals surface area contributed by atoms with Crippen LogP contribution in [-0.4, -0.2) is 53.1 Å². The Balaban J connectivity index is 1.50. The van der Waals surface area contributed by atoms with Crippen LogP contribution >= 0.6 is 23.2 Å². The number of nitrogens with one attached hydrogen (secondary N) is 1. The summed E-state index contributed by atoms with van der Waals surface area (Å²) in [6.45, 7) is 3.96. The summed E-state index contributed by atoms with van der Waals surface area (Å²) in [7, 11) is 2.13. The number of halogens is 2. The van der Waals surface area contributed by atoms with Crippen LogP contribution in [0.15, 0.2) is 53.5 Å². The molecule has 0 spiro atoms. The van der Waals surface area contributed by atoms with Gasteiger partial charge in [0.05, 0.1) is 40.0 Å². The summed E-state index contributed by atoms with van der Waals surface area (Å²) < 4.78 is 6.08. The van der Waals surface area contributed by atoms with E-state index in [0.29, 0.717) is 27.2 Å². The quantitative estimate of drug-likeness (QED) is 0.460. The van der Waals surface area contributed by atoms with Crippen molar-refractivity contribution < 1.29 is 4.42 Å². The molecule has 0 aliphatic carbocycles. The maximum Gasteiger partial charge on any atom is 0.198 e. The number of fused-ring (bicyclic) bond motifs is 1. The van der Waals surface area contributed by atoms with Gasteiger partial charge in [0, 0.05) is 43.4 Å². The number of benzene rings is 1. The molecule has 31 heavy (non-hydrogen) atoms. The first-order valence-corrected chi connectivity index (χ1v) is 10.7. The van der Waals surface area contributed by atoms with Crippen LogP contribution in [0.3, 0.4) is 0 Å². The summed E-state index contributed by atoms with van der Waals surface area (Å²) in [5, 5.41) is 5.23. The van der Waals surface area contributed by atoms with Crippen LogP contribution in [0.5, 0.6) is 0 Å². The molecule has 3 aromatic heterocycles. The van der Waals surface area contributed by atoms with E-state index in [9.17, 15) is 0 Å². The van der Waals surface area contributed by atoms with E-state index in [1.54, 1.807) is 24.5 Å². The number of nitrogens with zero attached hydrogens (tertiary/aromatic N) is 5. The molecule has 1 saturated heterocycles. The molecule has 1 aliphatic heterocycles. The molecule has 0 unspecified atom stereocenters. The zero-order valence-electron chi connectivity index (χ0n) is 16.8. The Hall–Kier alpha value is -2.87. The Bertz CT molecular complexity index is 1220. The van der Waals surface area contributed by atoms with Gasteiger partial charge in [-0.2, -0.15) is 0 Å². The van der Waals surface area contributed by atoms with E-state index < -0.39 is 0 Å². The minimum absolute atomic E-state index is 0.468. The summed E-state index contributed by atoms with van der Waals surface area (Å²) >= 11 is 12.2. The highest BCUT2D eigenvalue weighted by Gasteiger charge is 2.20. The average Bonchev–Trinajstić information content (AvgIpc) is 3.15. The van der Waals surface area contributed by atoms with Gasteiger partial charge < -0.3 is 19.5 Å². The van der Waals surface area contributed by atoms with Gasteiger partial charge in [0.1, 0.15) is 0 Å². The average molecular weight is 455 g/mol. The van der Waals surface area contributed by atoms with E-state index in [1.807, 2.05) is 24.5 Å². The minimum Gasteiger partial charge on any atom is -0.449 e. The van der Waals surface area contributed by atoms with Crippen molar-refractivity contribution in [1.82, 2.24) is 19.9 Å². The molecule has 1 N–H and O–H groups in total. The normalized spacial score (nSPS) is 14.9. The second kappa shape index (κ2) is 8.34. The van der Waals surface area contributed by atoms with Crippen LogP contribution in [0.1, 0.15) is 0 Å². The van der Waals surface area contributed by atoms with Crippen molar-refractivity contribution in [3.63, 3.8) is 0 Å². The first kappa shape index (κ1) is 20.1. The number of hydrogen-bond donors (Lipinski definition) is 1. The highest BCUT2D eigenvalue weighted by Crippen LogP contribution is 2.39. The van der Waals surface area contributed by atoms with Crippen molar-refractivity contribution in [2.45, 2.75) is 0 Å². The topological polar surface area (TPSA) is 70.3 Å². The Morgan fingerprint density at radius 1 is 0.968 bits per heavy atom. The van der Waals surface area contributed by atoms with Crippen LogP contribution in [0, 0.1) is 0 Å². The molecule has 0 saturated carbocycles. The van der Waals surface area contributed by atoms with E-state index >= 15 is 0 Å². The summed E-state index contributed by atoms with van der Waals surface area (Å²) in [4.78, 5) is 18.0. The fourth-order valence-electron chi connectivity index (χ4n) is 3.62. The van der Waals surface area contributed by atoms with Crippen molar-refractivity contribution in [3.8, 4) is 11.6 Å². The lowest BCUT2D eigenvalue weighted by molar-refractivity contribution is 0.312. The van der Waals surface area contributed by atoms with Gasteiger partial charge >= 0.3 is 0 Å². The lowest BCUT2D eigenvalue weighted by Gasteiger charge is -2.33. The minimum atomic E-state index is 0.468. The van der Waals surface area contributed by atoms with Gasteiger partial charge in [0.15, 0.2) is 17.2 Å². The SMILES string of the molecule is CN1CCN(c2cnc(-c3oc4cnccc4c3Nc3ccc(Cl)c(Cl)c3)nc2)CC1. The third-order valence-electron chi connectivity index (χ3n) is 5.39. The largest absolute Gasteiger partial charge is 0.449 e. The van der Waals surface area contributed by atoms with Gasteiger partial charge in [-0.1, -0.05) is 23.2 Å². The van der Waals surface area contributed by atoms with E-state index in [4.69, 9.17) is 27.6 Å². The molecule has 1 aromatic carbocycles. The molecule has 158 valence electrons. The molecule has 5 rings (SSSR count). The van der Waals surface area contributed by atoms with E-state index in [-0.39, 0.29) is 0 Å². The predicted octanol–water partition coefficient (Wildman–Crippen LogP) is 5.09. The zero-order chi connectivity index (χ0) is 21.4. The maximum absolute atomic E-state index is 6.19. The number of aromatic nitrogens is 3. The summed E-state index contributed by atoms with van der Waals surface area (Å²) in [5.74, 6) is 1.04. The Morgan fingerprint density at radius 3 is 2.48 bits per heavy atom. The van der Waals surface area contributed by atoms with Gasteiger partial charge in [-0.05, 0) is 31.3 Å². The van der Waals surface area contributed by atoms with Gasteiger partial charge in [-0.3, -0.25) is 4.98 Å². The molecule has 0 radical (unpaired) electrons. The van der Waals surface area contributed by atoms with Crippen LogP contribution < -0.4 is 10.2 Å². The molecule has 4 aromatic rings. The molecule has 0 bridgehead atoms. The first-order valence-electron chi connectivity index (χ1n) is 9.93. The number of furan rings is 1. The summed E-state index contributed by atoms with van der Waals surface area (Å²) in [6, 6.07) is 7.26. The number of pyridine rings is 1. The number of piperazine rings is 1. The van der Waals surface area contributed by atoms with Gasteiger partial charge in [0.25, 0.3) is 0 Å². The van der Waals surface area contributed by atoms with Crippen LogP contribution in [0.2, 0.25) is 10.0 Å². The second-order valence-corrected chi connectivity index (χ2v) is 8.30. The van der Waals surface area contributed by atoms with Crippen molar-refractivity contribution in [3.05, 3.63) is 59.1 Å². The fraction of sp³-hybridized carbons (Fsp3) is 0.227. The van der Waals surface area contributed by atoms with Crippen molar-refractivity contribution >= 4 is 51.2 Å². The standard InChI is InChI=1S/C22H20Cl2N6O/c1-29-6-8-30(9-7-29)15-11-26-22(27-12-15)21-20(16-4-5-25-13-19(16)31-21)28-14-2-3-17(23)18(24)10-14/h2-5,10-13,28H,6-9H2,1H3. The second-order valence-electron chi connectivity index (χ2n) is 7.49. The predicted molar refractivity (Wildman–Crippen MR) is 124 cm³/mol. The van der Waals surface area contributed by atoms with Crippen molar-refractivity contribution in [2.75, 3.05) is 43.4 Å². The molecule has 1 aliphatic rings. The first-order chi connectivity index (χ1) is 15.1. The number of anilines is 3. The Kier molecular flexibility index (Phi) is 5.40. The van der Waals surface area contributed by atoms with Crippen LogP contribution in [0.4, 0.5) is 17.1 Å². The lowest BCUT2D eigenvalue weighted by atomic mass is 10.2. The third kappa shape index (κ3) is 4.04. The number of hydrogen-bond acceptors (Lipinski definition) is 7. The fourth-order valence-corrected chi connectivity index (χ4v) is 3.92. The van der Waals surface area contributed by atoms with Crippen molar-refractivity contribution in [2.24, 2.45) is 0 Å². The smallest absolute Gasteiger partial charge is 0.198 e. The van der Waals surface area contributed by atoms with Crippen molar-refractivity contribution in [1.29, 1.82) is 0 Å². The highest BCUT2D eigenvalue weighted by atomic mass is 35.5. The van der Waals surface area contributed by atoms with Crippen LogP contribution in [0.25, 0.3) is 22.6 Å².